The average molecular weight is 377 g/mol. The summed E-state index contributed by atoms with van der Waals surface area (Å²) in [4.78, 5) is 8.78. The van der Waals surface area contributed by atoms with Crippen molar-refractivity contribution in [3.63, 3.8) is 0 Å². The lowest BCUT2D eigenvalue weighted by molar-refractivity contribution is 0.392. The third-order valence-corrected chi connectivity index (χ3v) is 4.09. The molecule has 2 N–H and O–H groups in total. The van der Waals surface area contributed by atoms with Gasteiger partial charge in [-0.05, 0) is 37.1 Å². The molecule has 0 unspecified atom stereocenters. The van der Waals surface area contributed by atoms with Crippen LogP contribution in [-0.4, -0.2) is 38.3 Å². The summed E-state index contributed by atoms with van der Waals surface area (Å²) in [5.74, 6) is 2.09. The number of halogens is 1. The van der Waals surface area contributed by atoms with Crippen LogP contribution < -0.4 is 20.1 Å². The predicted molar refractivity (Wildman–Crippen MR) is 105 cm³/mol. The first-order chi connectivity index (χ1) is 12.7. The molecule has 26 heavy (non-hydrogen) atoms. The molecule has 1 heterocycles. The number of hydrogen-bond donors (Lipinski definition) is 2. The van der Waals surface area contributed by atoms with E-state index in [2.05, 4.69) is 20.6 Å². The lowest BCUT2D eigenvalue weighted by atomic mass is 10.1. The summed E-state index contributed by atoms with van der Waals surface area (Å²) in [6.07, 6.45) is 2.48. The molecule has 0 fully saturated rings. The van der Waals surface area contributed by atoms with Gasteiger partial charge in [-0.2, -0.15) is 0 Å². The normalized spacial score (nSPS) is 11.2. The number of guanidine groups is 1. The third kappa shape index (κ3) is 5.81. The topological polar surface area (TPSA) is 67.8 Å². The molecule has 2 aromatic rings. The molecule has 0 aliphatic carbocycles. The first-order valence-electron chi connectivity index (χ1n) is 8.50. The van der Waals surface area contributed by atoms with E-state index in [1.165, 1.54) is 0 Å². The van der Waals surface area contributed by atoms with Crippen molar-refractivity contribution in [1.29, 1.82) is 0 Å². The molecule has 0 aliphatic rings. The number of rotatable bonds is 8. The molecule has 0 bridgehead atoms. The second-order valence-corrected chi connectivity index (χ2v) is 5.91. The van der Waals surface area contributed by atoms with Crippen molar-refractivity contribution in [2.45, 2.75) is 19.9 Å². The van der Waals surface area contributed by atoms with Gasteiger partial charge in [0.15, 0.2) is 5.96 Å². The Balaban J connectivity index is 1.95. The molecule has 1 aromatic carbocycles. The minimum absolute atomic E-state index is 0.482. The SMILES string of the molecule is CCNC(=NCc1cccnc1OC)NCCc1ccc(OC)cc1Cl. The van der Waals surface area contributed by atoms with Crippen LogP contribution in [0.25, 0.3) is 0 Å². The van der Waals surface area contributed by atoms with Gasteiger partial charge < -0.3 is 20.1 Å². The molecule has 0 radical (unpaired) electrons. The van der Waals surface area contributed by atoms with Gasteiger partial charge in [-0.3, -0.25) is 0 Å². The van der Waals surface area contributed by atoms with Crippen molar-refractivity contribution < 1.29 is 9.47 Å². The molecule has 6 nitrogen and oxygen atoms in total. The minimum Gasteiger partial charge on any atom is -0.497 e. The number of nitrogens with one attached hydrogen (secondary N) is 2. The minimum atomic E-state index is 0.482. The first kappa shape index (κ1) is 19.8. The van der Waals surface area contributed by atoms with E-state index in [-0.39, 0.29) is 0 Å². The zero-order valence-corrected chi connectivity index (χ0v) is 16.1. The first-order valence-corrected chi connectivity index (χ1v) is 8.88. The summed E-state index contributed by atoms with van der Waals surface area (Å²) in [7, 11) is 3.24. The fourth-order valence-electron chi connectivity index (χ4n) is 2.41. The van der Waals surface area contributed by atoms with E-state index in [1.807, 2.05) is 37.3 Å². The van der Waals surface area contributed by atoms with E-state index >= 15 is 0 Å². The number of benzene rings is 1. The lowest BCUT2D eigenvalue weighted by Gasteiger charge is -2.12. The highest BCUT2D eigenvalue weighted by Crippen LogP contribution is 2.22. The van der Waals surface area contributed by atoms with Gasteiger partial charge in [0, 0.05) is 29.9 Å². The van der Waals surface area contributed by atoms with Gasteiger partial charge in [0.05, 0.1) is 20.8 Å². The largest absolute Gasteiger partial charge is 0.497 e. The summed E-state index contributed by atoms with van der Waals surface area (Å²) in [6.45, 7) is 4.00. The quantitative estimate of drug-likeness (QED) is 0.547. The van der Waals surface area contributed by atoms with Crippen molar-refractivity contribution in [3.8, 4) is 11.6 Å². The smallest absolute Gasteiger partial charge is 0.218 e. The average Bonchev–Trinajstić information content (AvgIpc) is 2.67. The second-order valence-electron chi connectivity index (χ2n) is 5.50. The number of hydrogen-bond acceptors (Lipinski definition) is 4. The van der Waals surface area contributed by atoms with Gasteiger partial charge in [-0.25, -0.2) is 9.98 Å². The molecule has 0 amide bonds. The number of nitrogens with zero attached hydrogens (tertiary/aromatic N) is 2. The predicted octanol–water partition coefficient (Wildman–Crippen LogP) is 3.05. The lowest BCUT2D eigenvalue weighted by Crippen LogP contribution is -2.38. The standard InChI is InChI=1S/C19H25ClN4O2/c1-4-21-19(24-13-15-6-5-10-22-18(15)26-3)23-11-9-14-7-8-16(25-2)12-17(14)20/h5-8,10,12H,4,9,11,13H2,1-3H3,(H2,21,23,24). The Labute approximate surface area is 159 Å². The number of aliphatic imine (C=N–C) groups is 1. The van der Waals surface area contributed by atoms with Crippen LogP contribution in [0, 0.1) is 0 Å². The Kier molecular flexibility index (Phi) is 8.02. The van der Waals surface area contributed by atoms with Crippen molar-refractivity contribution in [2.24, 2.45) is 4.99 Å². The van der Waals surface area contributed by atoms with E-state index in [0.717, 1.165) is 35.8 Å². The van der Waals surface area contributed by atoms with Crippen molar-refractivity contribution in [1.82, 2.24) is 15.6 Å². The summed E-state index contributed by atoms with van der Waals surface area (Å²) < 4.78 is 10.4. The van der Waals surface area contributed by atoms with Crippen molar-refractivity contribution >= 4 is 17.6 Å². The third-order valence-electron chi connectivity index (χ3n) is 3.74. The maximum absolute atomic E-state index is 6.28. The maximum atomic E-state index is 6.28. The van der Waals surface area contributed by atoms with E-state index in [1.54, 1.807) is 20.4 Å². The van der Waals surface area contributed by atoms with E-state index in [9.17, 15) is 0 Å². The molecular formula is C19H25ClN4O2. The Morgan fingerprint density at radius 2 is 2.00 bits per heavy atom. The van der Waals surface area contributed by atoms with Crippen LogP contribution in [0.2, 0.25) is 5.02 Å². The van der Waals surface area contributed by atoms with Gasteiger partial charge in [0.25, 0.3) is 0 Å². The molecule has 0 spiro atoms. The van der Waals surface area contributed by atoms with Gasteiger partial charge in [-0.15, -0.1) is 0 Å². The molecule has 2 rings (SSSR count). The fourth-order valence-corrected chi connectivity index (χ4v) is 2.67. The molecule has 0 atom stereocenters. The Morgan fingerprint density at radius 3 is 2.69 bits per heavy atom. The fraction of sp³-hybridized carbons (Fsp3) is 0.368. The molecule has 0 saturated carbocycles. The number of aromatic nitrogens is 1. The van der Waals surface area contributed by atoms with Crippen LogP contribution in [0.3, 0.4) is 0 Å². The summed E-state index contributed by atoms with van der Waals surface area (Å²) >= 11 is 6.28. The van der Waals surface area contributed by atoms with Crippen LogP contribution >= 0.6 is 11.6 Å². The molecule has 0 aliphatic heterocycles. The summed E-state index contributed by atoms with van der Waals surface area (Å²) in [6, 6.07) is 9.54. The van der Waals surface area contributed by atoms with E-state index in [0.29, 0.717) is 24.0 Å². The van der Waals surface area contributed by atoms with Crippen LogP contribution in [0.5, 0.6) is 11.6 Å². The Bertz CT molecular complexity index is 737. The van der Waals surface area contributed by atoms with E-state index < -0.39 is 0 Å². The van der Waals surface area contributed by atoms with E-state index in [4.69, 9.17) is 21.1 Å². The zero-order chi connectivity index (χ0) is 18.8. The van der Waals surface area contributed by atoms with Crippen LogP contribution in [-0.2, 0) is 13.0 Å². The molecule has 7 heteroatoms. The van der Waals surface area contributed by atoms with Crippen LogP contribution in [0.4, 0.5) is 0 Å². The molecular weight excluding hydrogens is 352 g/mol. The number of ether oxygens (including phenoxy) is 2. The zero-order valence-electron chi connectivity index (χ0n) is 15.4. The highest BCUT2D eigenvalue weighted by atomic mass is 35.5. The maximum Gasteiger partial charge on any atom is 0.218 e. The van der Waals surface area contributed by atoms with Gasteiger partial charge in [-0.1, -0.05) is 23.7 Å². The van der Waals surface area contributed by atoms with Gasteiger partial charge >= 0.3 is 0 Å². The molecule has 140 valence electrons. The number of pyridine rings is 1. The Hall–Kier alpha value is -2.47. The van der Waals surface area contributed by atoms with Crippen LogP contribution in [0.1, 0.15) is 18.1 Å². The molecule has 0 saturated heterocycles. The highest BCUT2D eigenvalue weighted by molar-refractivity contribution is 6.31. The Morgan fingerprint density at radius 1 is 1.15 bits per heavy atom. The van der Waals surface area contributed by atoms with Gasteiger partial charge in [0.1, 0.15) is 5.75 Å². The van der Waals surface area contributed by atoms with Gasteiger partial charge in [0.2, 0.25) is 5.88 Å². The second kappa shape index (κ2) is 10.5. The highest BCUT2D eigenvalue weighted by Gasteiger charge is 2.05. The van der Waals surface area contributed by atoms with Crippen LogP contribution in [0.15, 0.2) is 41.5 Å². The summed E-state index contributed by atoms with van der Waals surface area (Å²) in [5, 5.41) is 7.26. The van der Waals surface area contributed by atoms with Crippen molar-refractivity contribution in [2.75, 3.05) is 27.3 Å². The molecule has 1 aromatic heterocycles. The van der Waals surface area contributed by atoms with Crippen molar-refractivity contribution in [3.05, 3.63) is 52.7 Å². The monoisotopic (exact) mass is 376 g/mol. The number of methoxy groups -OCH3 is 2. The summed E-state index contributed by atoms with van der Waals surface area (Å²) in [5.41, 5.74) is 2.00.